The number of aryl methyl sites for hydroxylation is 3. The fourth-order valence-electron chi connectivity index (χ4n) is 2.45. The van der Waals surface area contributed by atoms with Crippen molar-refractivity contribution in [2.24, 2.45) is 5.10 Å². The van der Waals surface area contributed by atoms with Gasteiger partial charge in [-0.25, -0.2) is 5.43 Å². The maximum Gasteiger partial charge on any atom is 0.271 e. The highest BCUT2D eigenvalue weighted by Gasteiger charge is 2.05. The predicted molar refractivity (Wildman–Crippen MR) is 111 cm³/mol. The minimum atomic E-state index is -0.234. The van der Waals surface area contributed by atoms with Crippen molar-refractivity contribution in [2.75, 3.05) is 0 Å². The summed E-state index contributed by atoms with van der Waals surface area (Å²) in [4.78, 5) is 13.2. The molecule has 1 amide bonds. The average molecular weight is 378 g/mol. The van der Waals surface area contributed by atoms with Crippen molar-refractivity contribution < 1.29 is 9.53 Å². The van der Waals surface area contributed by atoms with E-state index in [0.29, 0.717) is 12.2 Å². The quantitative estimate of drug-likeness (QED) is 0.484. The number of thiophene rings is 1. The molecule has 0 spiro atoms. The average Bonchev–Trinajstić information content (AvgIpc) is 3.08. The van der Waals surface area contributed by atoms with E-state index in [1.54, 1.807) is 29.7 Å². The van der Waals surface area contributed by atoms with E-state index in [-0.39, 0.29) is 5.91 Å². The molecule has 0 aliphatic carbocycles. The van der Waals surface area contributed by atoms with Gasteiger partial charge in [0, 0.05) is 10.4 Å². The van der Waals surface area contributed by atoms with Crippen LogP contribution >= 0.6 is 11.3 Å². The highest BCUT2D eigenvalue weighted by molar-refractivity contribution is 7.11. The minimum Gasteiger partial charge on any atom is -0.489 e. The van der Waals surface area contributed by atoms with E-state index in [1.165, 1.54) is 11.1 Å². The monoisotopic (exact) mass is 378 g/mol. The molecule has 2 aromatic carbocycles. The van der Waals surface area contributed by atoms with Gasteiger partial charge in [0.05, 0.1) is 6.21 Å². The van der Waals surface area contributed by atoms with Gasteiger partial charge < -0.3 is 4.74 Å². The fraction of sp³-hybridized carbons (Fsp3) is 0.182. The molecule has 0 radical (unpaired) electrons. The summed E-state index contributed by atoms with van der Waals surface area (Å²) >= 11 is 1.59. The topological polar surface area (TPSA) is 50.7 Å². The first kappa shape index (κ1) is 18.9. The van der Waals surface area contributed by atoms with Crippen LogP contribution in [0.1, 0.15) is 37.5 Å². The van der Waals surface area contributed by atoms with Crippen LogP contribution in [0.2, 0.25) is 0 Å². The summed E-state index contributed by atoms with van der Waals surface area (Å²) in [5, 5.41) is 6.02. The van der Waals surface area contributed by atoms with Crippen molar-refractivity contribution in [2.45, 2.75) is 27.4 Å². The van der Waals surface area contributed by atoms with Crippen LogP contribution in [0.5, 0.6) is 5.75 Å². The zero-order chi connectivity index (χ0) is 19.2. The number of carbonyl (C=O) groups is 1. The summed E-state index contributed by atoms with van der Waals surface area (Å²) in [6.45, 7) is 6.62. The number of nitrogens with one attached hydrogen (secondary N) is 1. The maximum absolute atomic E-state index is 12.2. The summed E-state index contributed by atoms with van der Waals surface area (Å²) in [6.07, 6.45) is 1.67. The number of hydrogen-bond acceptors (Lipinski definition) is 4. The van der Waals surface area contributed by atoms with Gasteiger partial charge in [0.1, 0.15) is 12.4 Å². The van der Waals surface area contributed by atoms with E-state index in [9.17, 15) is 4.79 Å². The summed E-state index contributed by atoms with van der Waals surface area (Å²) in [5.41, 5.74) is 7.72. The third kappa shape index (κ3) is 5.05. The Morgan fingerprint density at radius 2 is 1.81 bits per heavy atom. The Hall–Kier alpha value is -2.92. The van der Waals surface area contributed by atoms with Gasteiger partial charge in [0.25, 0.3) is 5.91 Å². The molecule has 0 saturated heterocycles. The zero-order valence-corrected chi connectivity index (χ0v) is 16.5. The third-order valence-corrected chi connectivity index (χ3v) is 5.30. The van der Waals surface area contributed by atoms with Crippen molar-refractivity contribution in [3.63, 3.8) is 0 Å². The molecule has 3 rings (SSSR count). The highest BCUT2D eigenvalue weighted by Crippen LogP contribution is 2.18. The summed E-state index contributed by atoms with van der Waals surface area (Å²) in [7, 11) is 0. The Morgan fingerprint density at radius 3 is 2.48 bits per heavy atom. The van der Waals surface area contributed by atoms with E-state index in [0.717, 1.165) is 21.8 Å². The number of hydrazone groups is 1. The van der Waals surface area contributed by atoms with E-state index in [4.69, 9.17) is 4.74 Å². The van der Waals surface area contributed by atoms with E-state index in [1.807, 2.05) is 42.6 Å². The van der Waals surface area contributed by atoms with Crippen LogP contribution in [0.3, 0.4) is 0 Å². The second kappa shape index (κ2) is 8.64. The molecule has 0 fully saturated rings. The Balaban J connectivity index is 1.54. The van der Waals surface area contributed by atoms with Gasteiger partial charge in [-0.1, -0.05) is 18.2 Å². The van der Waals surface area contributed by atoms with Gasteiger partial charge in [-0.3, -0.25) is 4.79 Å². The van der Waals surface area contributed by atoms with Gasteiger partial charge in [-0.15, -0.1) is 11.3 Å². The van der Waals surface area contributed by atoms with Gasteiger partial charge in [0.15, 0.2) is 0 Å². The van der Waals surface area contributed by atoms with Gasteiger partial charge in [0.2, 0.25) is 0 Å². The third-order valence-electron chi connectivity index (χ3n) is 4.35. The van der Waals surface area contributed by atoms with Gasteiger partial charge in [-0.05, 0) is 78.7 Å². The molecule has 27 heavy (non-hydrogen) atoms. The zero-order valence-electron chi connectivity index (χ0n) is 15.7. The van der Waals surface area contributed by atoms with E-state index >= 15 is 0 Å². The van der Waals surface area contributed by atoms with E-state index in [2.05, 4.69) is 30.4 Å². The number of amides is 1. The van der Waals surface area contributed by atoms with Crippen molar-refractivity contribution in [1.29, 1.82) is 0 Å². The van der Waals surface area contributed by atoms with Crippen LogP contribution in [0.4, 0.5) is 0 Å². The SMILES string of the molecule is Cc1ccc(OCc2ccc(C(=O)N/N=C\c3sccc3C)cc2)cc1C. The normalized spacial score (nSPS) is 10.9. The van der Waals surface area contributed by atoms with Crippen LogP contribution < -0.4 is 10.2 Å². The lowest BCUT2D eigenvalue weighted by Crippen LogP contribution is -2.17. The molecule has 5 heteroatoms. The molecule has 1 aromatic heterocycles. The Kier molecular flexibility index (Phi) is 6.04. The van der Waals surface area contributed by atoms with Crippen molar-refractivity contribution in [3.8, 4) is 5.75 Å². The van der Waals surface area contributed by atoms with Crippen LogP contribution in [0.15, 0.2) is 59.0 Å². The number of benzene rings is 2. The Labute approximate surface area is 163 Å². The number of carbonyl (C=O) groups excluding carboxylic acids is 1. The van der Waals surface area contributed by atoms with Crippen molar-refractivity contribution >= 4 is 23.5 Å². The Morgan fingerprint density at radius 1 is 1.04 bits per heavy atom. The maximum atomic E-state index is 12.2. The van der Waals surface area contributed by atoms with Crippen molar-refractivity contribution in [3.05, 3.63) is 86.6 Å². The number of hydrogen-bond donors (Lipinski definition) is 1. The van der Waals surface area contributed by atoms with Crippen LogP contribution in [-0.4, -0.2) is 12.1 Å². The summed E-state index contributed by atoms with van der Waals surface area (Å²) < 4.78 is 5.82. The molecule has 0 atom stereocenters. The number of rotatable bonds is 6. The molecule has 0 aliphatic rings. The lowest BCUT2D eigenvalue weighted by Gasteiger charge is -2.09. The highest BCUT2D eigenvalue weighted by atomic mass is 32.1. The van der Waals surface area contributed by atoms with Crippen LogP contribution in [0.25, 0.3) is 0 Å². The molecule has 3 aromatic rings. The summed E-state index contributed by atoms with van der Waals surface area (Å²) in [6, 6.07) is 15.4. The van der Waals surface area contributed by atoms with Gasteiger partial charge in [-0.2, -0.15) is 5.10 Å². The first-order chi connectivity index (χ1) is 13.0. The molecule has 1 N–H and O–H groups in total. The number of nitrogens with zero attached hydrogens (tertiary/aromatic N) is 1. The lowest BCUT2D eigenvalue weighted by molar-refractivity contribution is 0.0955. The molecule has 0 saturated carbocycles. The van der Waals surface area contributed by atoms with Crippen LogP contribution in [0, 0.1) is 20.8 Å². The first-order valence-corrected chi connectivity index (χ1v) is 9.57. The van der Waals surface area contributed by atoms with E-state index < -0.39 is 0 Å². The minimum absolute atomic E-state index is 0.234. The molecular weight excluding hydrogens is 356 g/mol. The van der Waals surface area contributed by atoms with Gasteiger partial charge >= 0.3 is 0 Å². The molecule has 0 aliphatic heterocycles. The number of ether oxygens (including phenoxy) is 1. The smallest absolute Gasteiger partial charge is 0.271 e. The molecule has 0 unspecified atom stereocenters. The Bertz CT molecular complexity index is 959. The largest absolute Gasteiger partial charge is 0.489 e. The molecule has 138 valence electrons. The second-order valence-corrected chi connectivity index (χ2v) is 7.35. The molecular formula is C22H22N2O2S. The first-order valence-electron chi connectivity index (χ1n) is 8.69. The van der Waals surface area contributed by atoms with Crippen LogP contribution in [-0.2, 0) is 6.61 Å². The molecule has 1 heterocycles. The predicted octanol–water partition coefficient (Wildman–Crippen LogP) is 5.02. The summed E-state index contributed by atoms with van der Waals surface area (Å²) in [5.74, 6) is 0.611. The lowest BCUT2D eigenvalue weighted by atomic mass is 10.1. The fourth-order valence-corrected chi connectivity index (χ4v) is 3.24. The molecule has 0 bridgehead atoms. The molecule has 4 nitrogen and oxygen atoms in total. The second-order valence-electron chi connectivity index (χ2n) is 6.40. The van der Waals surface area contributed by atoms with Crippen molar-refractivity contribution in [1.82, 2.24) is 5.43 Å². The standard InChI is InChI=1S/C22H22N2O2S/c1-15-4-9-20(12-17(15)3)26-14-18-5-7-19(8-6-18)22(25)24-23-13-21-16(2)10-11-27-21/h4-13H,14H2,1-3H3,(H,24,25)/b23-13-.